The molecule has 1 saturated heterocycles. The molecule has 4 nitrogen and oxygen atoms in total. The summed E-state index contributed by atoms with van der Waals surface area (Å²) in [6, 6.07) is 6.14. The lowest BCUT2D eigenvalue weighted by atomic mass is 9.92. The van der Waals surface area contributed by atoms with Crippen molar-refractivity contribution >= 4 is 11.8 Å². The van der Waals surface area contributed by atoms with E-state index in [1.165, 1.54) is 0 Å². The van der Waals surface area contributed by atoms with Crippen molar-refractivity contribution in [2.45, 2.75) is 26.2 Å². The number of nitrogens with zero attached hydrogens (tertiary/aromatic N) is 1. The van der Waals surface area contributed by atoms with Gasteiger partial charge < -0.3 is 10.6 Å². The molecular weight excluding hydrogens is 228 g/mol. The minimum atomic E-state index is -0.454. The highest BCUT2D eigenvalue weighted by atomic mass is 16.2. The van der Waals surface area contributed by atoms with E-state index < -0.39 is 5.91 Å². The van der Waals surface area contributed by atoms with E-state index in [1.54, 1.807) is 4.90 Å². The number of carbonyl (C=O) groups is 2. The molecule has 2 rings (SSSR count). The molecule has 1 aliphatic heterocycles. The van der Waals surface area contributed by atoms with Gasteiger partial charge in [-0.3, -0.25) is 9.59 Å². The molecule has 1 heterocycles. The first kappa shape index (κ1) is 12.6. The van der Waals surface area contributed by atoms with Crippen LogP contribution in [0.1, 0.15) is 29.0 Å². The molecule has 0 radical (unpaired) electrons. The van der Waals surface area contributed by atoms with E-state index in [4.69, 9.17) is 5.73 Å². The van der Waals surface area contributed by atoms with E-state index in [9.17, 15) is 9.59 Å². The Balaban J connectivity index is 2.23. The molecule has 1 aliphatic rings. The van der Waals surface area contributed by atoms with E-state index in [0.29, 0.717) is 6.54 Å². The fourth-order valence-electron chi connectivity index (χ4n) is 2.51. The fraction of sp³-hybridized carbons (Fsp3) is 0.429. The van der Waals surface area contributed by atoms with Gasteiger partial charge in [0.25, 0.3) is 0 Å². The largest absolute Gasteiger partial charge is 0.368 e. The van der Waals surface area contributed by atoms with Crippen LogP contribution in [0, 0.1) is 13.8 Å². The third kappa shape index (κ3) is 2.37. The number of benzene rings is 1. The highest BCUT2D eigenvalue weighted by Gasteiger charge is 2.34. The number of hydrogen-bond donors (Lipinski definition) is 1. The summed E-state index contributed by atoms with van der Waals surface area (Å²) >= 11 is 0. The first-order chi connectivity index (χ1) is 8.49. The molecule has 1 aromatic carbocycles. The van der Waals surface area contributed by atoms with Gasteiger partial charge in [0.2, 0.25) is 11.8 Å². The molecule has 2 N–H and O–H groups in total. The van der Waals surface area contributed by atoms with Gasteiger partial charge in [0, 0.05) is 6.54 Å². The van der Waals surface area contributed by atoms with E-state index >= 15 is 0 Å². The maximum Gasteiger partial charge on any atom is 0.237 e. The Labute approximate surface area is 107 Å². The van der Waals surface area contributed by atoms with Crippen LogP contribution < -0.4 is 5.73 Å². The van der Waals surface area contributed by atoms with Gasteiger partial charge in [0.15, 0.2) is 0 Å². The quantitative estimate of drug-likeness (QED) is 0.868. The number of likely N-dealkylation sites (tertiary alicyclic amines) is 1. The van der Waals surface area contributed by atoms with Crippen LogP contribution in [-0.2, 0) is 9.59 Å². The molecular formula is C14H18N2O2. The van der Waals surface area contributed by atoms with Crippen LogP contribution in [-0.4, -0.2) is 29.8 Å². The highest BCUT2D eigenvalue weighted by Crippen LogP contribution is 2.31. The zero-order valence-electron chi connectivity index (χ0n) is 10.8. The average molecular weight is 246 g/mol. The fourth-order valence-corrected chi connectivity index (χ4v) is 2.51. The Morgan fingerprint density at radius 3 is 2.83 bits per heavy atom. The van der Waals surface area contributed by atoms with Crippen LogP contribution in [0.25, 0.3) is 0 Å². The van der Waals surface area contributed by atoms with Crippen molar-refractivity contribution in [3.05, 3.63) is 34.9 Å². The zero-order chi connectivity index (χ0) is 13.3. The van der Waals surface area contributed by atoms with Gasteiger partial charge in [-0.2, -0.15) is 0 Å². The van der Waals surface area contributed by atoms with Gasteiger partial charge in [-0.15, -0.1) is 0 Å². The van der Waals surface area contributed by atoms with E-state index in [2.05, 4.69) is 6.07 Å². The van der Waals surface area contributed by atoms with E-state index in [0.717, 1.165) is 23.1 Å². The second-order valence-electron chi connectivity index (χ2n) is 4.93. The molecule has 0 bridgehead atoms. The topological polar surface area (TPSA) is 63.4 Å². The summed E-state index contributed by atoms with van der Waals surface area (Å²) in [4.78, 5) is 24.7. The van der Waals surface area contributed by atoms with Crippen LogP contribution in [0.15, 0.2) is 18.2 Å². The molecule has 1 atom stereocenters. The van der Waals surface area contributed by atoms with Gasteiger partial charge in [-0.25, -0.2) is 0 Å². The SMILES string of the molecule is Cc1ccc(C)c(C2CCN(CC(N)=O)C2=O)c1. The predicted octanol–water partition coefficient (Wildman–Crippen LogP) is 1.10. The smallest absolute Gasteiger partial charge is 0.237 e. The maximum absolute atomic E-state index is 12.2. The molecule has 96 valence electrons. The highest BCUT2D eigenvalue weighted by molar-refractivity contribution is 5.90. The van der Waals surface area contributed by atoms with Crippen molar-refractivity contribution in [2.24, 2.45) is 5.73 Å². The van der Waals surface area contributed by atoms with Gasteiger partial charge in [-0.05, 0) is 31.4 Å². The predicted molar refractivity (Wildman–Crippen MR) is 69.0 cm³/mol. The minimum absolute atomic E-state index is 0.0162. The molecule has 0 saturated carbocycles. The standard InChI is InChI=1S/C14H18N2O2/c1-9-3-4-10(2)12(7-9)11-5-6-16(14(11)18)8-13(15)17/h3-4,7,11H,5-6,8H2,1-2H3,(H2,15,17). The molecule has 1 aromatic rings. The van der Waals surface area contributed by atoms with Crippen LogP contribution >= 0.6 is 0 Å². The van der Waals surface area contributed by atoms with Crippen molar-refractivity contribution in [3.8, 4) is 0 Å². The summed E-state index contributed by atoms with van der Waals surface area (Å²) in [6.07, 6.45) is 0.760. The number of aryl methyl sites for hydroxylation is 2. The Morgan fingerprint density at radius 1 is 1.44 bits per heavy atom. The maximum atomic E-state index is 12.2. The summed E-state index contributed by atoms with van der Waals surface area (Å²) in [5.74, 6) is -0.559. The average Bonchev–Trinajstić information content (AvgIpc) is 2.64. The summed E-state index contributed by atoms with van der Waals surface area (Å²) in [5, 5.41) is 0. The van der Waals surface area contributed by atoms with Crippen LogP contribution in [0.3, 0.4) is 0 Å². The lowest BCUT2D eigenvalue weighted by Crippen LogP contribution is -2.35. The molecule has 1 unspecified atom stereocenters. The summed E-state index contributed by atoms with van der Waals surface area (Å²) in [7, 11) is 0. The summed E-state index contributed by atoms with van der Waals surface area (Å²) in [5.41, 5.74) is 8.49. The normalized spacial score (nSPS) is 19.3. The van der Waals surface area contributed by atoms with Crippen LogP contribution in [0.2, 0.25) is 0 Å². The molecule has 1 fully saturated rings. The lowest BCUT2D eigenvalue weighted by Gasteiger charge is -2.16. The molecule has 0 aromatic heterocycles. The Kier molecular flexibility index (Phi) is 3.36. The second kappa shape index (κ2) is 4.80. The number of hydrogen-bond acceptors (Lipinski definition) is 2. The number of amides is 2. The first-order valence-corrected chi connectivity index (χ1v) is 6.13. The Bertz CT molecular complexity index is 497. The third-order valence-electron chi connectivity index (χ3n) is 3.45. The van der Waals surface area contributed by atoms with Crippen molar-refractivity contribution < 1.29 is 9.59 Å². The number of rotatable bonds is 3. The third-order valence-corrected chi connectivity index (χ3v) is 3.45. The van der Waals surface area contributed by atoms with Gasteiger partial charge in [0.1, 0.15) is 0 Å². The molecule has 0 spiro atoms. The van der Waals surface area contributed by atoms with Crippen LogP contribution in [0.4, 0.5) is 0 Å². The van der Waals surface area contributed by atoms with E-state index in [1.807, 2.05) is 26.0 Å². The van der Waals surface area contributed by atoms with Crippen molar-refractivity contribution in [2.75, 3.05) is 13.1 Å². The molecule has 0 aliphatic carbocycles. The zero-order valence-corrected chi connectivity index (χ0v) is 10.8. The first-order valence-electron chi connectivity index (χ1n) is 6.13. The van der Waals surface area contributed by atoms with Crippen LogP contribution in [0.5, 0.6) is 0 Å². The minimum Gasteiger partial charge on any atom is -0.368 e. The van der Waals surface area contributed by atoms with Crippen molar-refractivity contribution in [3.63, 3.8) is 0 Å². The summed E-state index contributed by atoms with van der Waals surface area (Å²) < 4.78 is 0. The van der Waals surface area contributed by atoms with Gasteiger partial charge in [-0.1, -0.05) is 23.8 Å². The number of primary amides is 1. The van der Waals surface area contributed by atoms with Gasteiger partial charge in [0.05, 0.1) is 12.5 Å². The number of carbonyl (C=O) groups excluding carboxylic acids is 2. The Morgan fingerprint density at radius 2 is 2.17 bits per heavy atom. The molecule has 18 heavy (non-hydrogen) atoms. The molecule has 2 amide bonds. The summed E-state index contributed by atoms with van der Waals surface area (Å²) in [6.45, 7) is 4.67. The van der Waals surface area contributed by atoms with Crippen molar-refractivity contribution in [1.82, 2.24) is 4.90 Å². The van der Waals surface area contributed by atoms with Crippen molar-refractivity contribution in [1.29, 1.82) is 0 Å². The second-order valence-corrected chi connectivity index (χ2v) is 4.93. The monoisotopic (exact) mass is 246 g/mol. The van der Waals surface area contributed by atoms with E-state index in [-0.39, 0.29) is 18.4 Å². The molecule has 4 heteroatoms. The lowest BCUT2D eigenvalue weighted by molar-refractivity contribution is -0.132. The van der Waals surface area contributed by atoms with Gasteiger partial charge >= 0.3 is 0 Å². The Hall–Kier alpha value is -1.84. The number of nitrogens with two attached hydrogens (primary N) is 1.